The molecule has 0 radical (unpaired) electrons. The highest BCUT2D eigenvalue weighted by molar-refractivity contribution is 9.10. The maximum absolute atomic E-state index is 13.3. The summed E-state index contributed by atoms with van der Waals surface area (Å²) in [6, 6.07) is 3.83. The van der Waals surface area contributed by atoms with Gasteiger partial charge in [0.25, 0.3) is 5.91 Å². The quantitative estimate of drug-likeness (QED) is 0.794. The van der Waals surface area contributed by atoms with Crippen LogP contribution in [0.5, 0.6) is 0 Å². The van der Waals surface area contributed by atoms with Crippen LogP contribution in [-0.4, -0.2) is 35.5 Å². The van der Waals surface area contributed by atoms with Gasteiger partial charge in [0.05, 0.1) is 6.54 Å². The zero-order chi connectivity index (χ0) is 15.0. The van der Waals surface area contributed by atoms with E-state index in [1.165, 1.54) is 17.0 Å². The molecule has 2 saturated heterocycles. The van der Waals surface area contributed by atoms with Crippen LogP contribution >= 0.6 is 15.9 Å². The van der Waals surface area contributed by atoms with E-state index in [1.54, 1.807) is 6.07 Å². The Morgan fingerprint density at radius 1 is 1.29 bits per heavy atom. The number of urea groups is 1. The highest BCUT2D eigenvalue weighted by atomic mass is 79.9. The van der Waals surface area contributed by atoms with Crippen molar-refractivity contribution < 1.29 is 14.0 Å². The van der Waals surface area contributed by atoms with E-state index in [4.69, 9.17) is 0 Å². The summed E-state index contributed by atoms with van der Waals surface area (Å²) in [5.41, 5.74) is -0.216. The molecule has 2 aliphatic heterocycles. The summed E-state index contributed by atoms with van der Waals surface area (Å²) < 4.78 is 14.0. The minimum absolute atomic E-state index is 0.0676. The summed E-state index contributed by atoms with van der Waals surface area (Å²) in [5, 5.41) is 5.99. The Labute approximate surface area is 130 Å². The molecule has 112 valence electrons. The van der Waals surface area contributed by atoms with Gasteiger partial charge >= 0.3 is 6.03 Å². The molecule has 1 spiro atoms. The zero-order valence-electron chi connectivity index (χ0n) is 11.3. The second-order valence-corrected chi connectivity index (χ2v) is 6.24. The monoisotopic (exact) mass is 355 g/mol. The van der Waals surface area contributed by atoms with E-state index >= 15 is 0 Å². The lowest BCUT2D eigenvalue weighted by molar-refractivity contribution is -0.132. The van der Waals surface area contributed by atoms with Crippen LogP contribution in [0.3, 0.4) is 0 Å². The molecule has 2 fully saturated rings. The number of piperidine rings is 1. The highest BCUT2D eigenvalue weighted by Gasteiger charge is 2.51. The van der Waals surface area contributed by atoms with Crippen LogP contribution in [0, 0.1) is 5.82 Å². The van der Waals surface area contributed by atoms with Gasteiger partial charge in [-0.05, 0) is 49.7 Å². The Kier molecular flexibility index (Phi) is 3.71. The number of hydrogen-bond acceptors (Lipinski definition) is 3. The molecule has 0 atom stereocenters. The molecular formula is C14H15BrFN3O2. The Morgan fingerprint density at radius 2 is 2.00 bits per heavy atom. The van der Waals surface area contributed by atoms with Gasteiger partial charge in [0.1, 0.15) is 11.4 Å². The first kappa shape index (κ1) is 14.5. The van der Waals surface area contributed by atoms with Crippen molar-refractivity contribution in [3.05, 3.63) is 34.1 Å². The lowest BCUT2D eigenvalue weighted by atomic mass is 9.88. The van der Waals surface area contributed by atoms with Crippen LogP contribution in [0.1, 0.15) is 18.4 Å². The molecule has 0 bridgehead atoms. The fourth-order valence-corrected chi connectivity index (χ4v) is 3.22. The summed E-state index contributed by atoms with van der Waals surface area (Å²) in [6.07, 6.45) is 1.16. The van der Waals surface area contributed by atoms with E-state index in [-0.39, 0.29) is 12.5 Å². The van der Waals surface area contributed by atoms with Crippen molar-refractivity contribution in [3.63, 3.8) is 0 Å². The number of nitrogens with zero attached hydrogens (tertiary/aromatic N) is 1. The molecule has 2 aliphatic rings. The van der Waals surface area contributed by atoms with Crippen molar-refractivity contribution in [2.24, 2.45) is 0 Å². The maximum atomic E-state index is 13.3. The molecule has 5 nitrogen and oxygen atoms in total. The molecule has 21 heavy (non-hydrogen) atoms. The summed E-state index contributed by atoms with van der Waals surface area (Å²) >= 11 is 3.32. The van der Waals surface area contributed by atoms with Crippen molar-refractivity contribution in [3.8, 4) is 0 Å². The third-order valence-electron chi connectivity index (χ3n) is 4.04. The lowest BCUT2D eigenvalue weighted by Crippen LogP contribution is -2.53. The number of hydrogen-bond donors (Lipinski definition) is 2. The minimum Gasteiger partial charge on any atom is -0.323 e. The number of carbonyl (C=O) groups is 2. The number of amides is 3. The average Bonchev–Trinajstić information content (AvgIpc) is 2.68. The van der Waals surface area contributed by atoms with Gasteiger partial charge in [0.2, 0.25) is 0 Å². The summed E-state index contributed by atoms with van der Waals surface area (Å²) in [6.45, 7) is 1.46. The van der Waals surface area contributed by atoms with Crippen LogP contribution < -0.4 is 10.6 Å². The third kappa shape index (κ3) is 2.55. The van der Waals surface area contributed by atoms with Gasteiger partial charge in [0, 0.05) is 4.47 Å². The summed E-state index contributed by atoms with van der Waals surface area (Å²) in [7, 11) is 0. The average molecular weight is 356 g/mol. The van der Waals surface area contributed by atoms with Crippen molar-refractivity contribution in [1.29, 1.82) is 0 Å². The molecule has 1 aromatic rings. The predicted octanol–water partition coefficient (Wildman–Crippen LogP) is 1.76. The molecule has 7 heteroatoms. The van der Waals surface area contributed by atoms with Gasteiger partial charge in [-0.3, -0.25) is 9.69 Å². The number of rotatable bonds is 2. The summed E-state index contributed by atoms with van der Waals surface area (Å²) in [4.78, 5) is 25.9. The van der Waals surface area contributed by atoms with Crippen LogP contribution in [0.15, 0.2) is 22.7 Å². The van der Waals surface area contributed by atoms with E-state index in [9.17, 15) is 14.0 Å². The lowest BCUT2D eigenvalue weighted by Gasteiger charge is -2.31. The molecule has 0 aromatic heterocycles. The van der Waals surface area contributed by atoms with E-state index in [0.29, 0.717) is 36.0 Å². The molecule has 2 heterocycles. The Balaban J connectivity index is 1.84. The molecule has 0 aliphatic carbocycles. The fourth-order valence-electron chi connectivity index (χ4n) is 2.85. The molecular weight excluding hydrogens is 341 g/mol. The second kappa shape index (κ2) is 5.38. The molecule has 3 rings (SSSR count). The van der Waals surface area contributed by atoms with Gasteiger partial charge < -0.3 is 10.6 Å². The number of carbonyl (C=O) groups excluding carboxylic acids is 2. The second-order valence-electron chi connectivity index (χ2n) is 5.39. The Hall–Kier alpha value is -1.47. The molecule has 0 unspecified atom stereocenters. The van der Waals surface area contributed by atoms with Crippen molar-refractivity contribution in [2.45, 2.75) is 24.9 Å². The first-order valence-corrected chi connectivity index (χ1v) is 7.60. The van der Waals surface area contributed by atoms with Gasteiger partial charge in [-0.1, -0.05) is 15.9 Å². The third-order valence-corrected chi connectivity index (χ3v) is 4.81. The SMILES string of the molecule is O=C1NC2(CCNCC2)C(=O)N1Cc1cc(F)ccc1Br. The topological polar surface area (TPSA) is 61.4 Å². The fraction of sp³-hybridized carbons (Fsp3) is 0.429. The minimum atomic E-state index is -0.790. The van der Waals surface area contributed by atoms with Crippen LogP contribution in [-0.2, 0) is 11.3 Å². The van der Waals surface area contributed by atoms with Crippen molar-refractivity contribution in [2.75, 3.05) is 13.1 Å². The van der Waals surface area contributed by atoms with Crippen molar-refractivity contribution in [1.82, 2.24) is 15.5 Å². The van der Waals surface area contributed by atoms with Gasteiger partial charge in [-0.15, -0.1) is 0 Å². The van der Waals surface area contributed by atoms with Crippen molar-refractivity contribution >= 4 is 27.9 Å². The molecule has 3 amide bonds. The normalized spacial score (nSPS) is 21.0. The largest absolute Gasteiger partial charge is 0.325 e. The zero-order valence-corrected chi connectivity index (χ0v) is 12.9. The molecule has 2 N–H and O–H groups in total. The smallest absolute Gasteiger partial charge is 0.323 e. The van der Waals surface area contributed by atoms with E-state index < -0.39 is 17.4 Å². The van der Waals surface area contributed by atoms with Gasteiger partial charge in [0.15, 0.2) is 0 Å². The number of halogens is 2. The number of nitrogens with one attached hydrogen (secondary N) is 2. The molecule has 1 aromatic carbocycles. The maximum Gasteiger partial charge on any atom is 0.325 e. The Bertz CT molecular complexity index is 602. The molecule has 0 saturated carbocycles. The van der Waals surface area contributed by atoms with Crippen LogP contribution in [0.2, 0.25) is 0 Å². The number of imide groups is 1. The van der Waals surface area contributed by atoms with E-state index in [1.807, 2.05) is 0 Å². The van der Waals surface area contributed by atoms with E-state index in [0.717, 1.165) is 0 Å². The summed E-state index contributed by atoms with van der Waals surface area (Å²) in [5.74, 6) is -0.609. The van der Waals surface area contributed by atoms with Gasteiger partial charge in [-0.25, -0.2) is 9.18 Å². The highest BCUT2D eigenvalue weighted by Crippen LogP contribution is 2.29. The van der Waals surface area contributed by atoms with E-state index in [2.05, 4.69) is 26.6 Å². The predicted molar refractivity (Wildman–Crippen MR) is 78.0 cm³/mol. The first-order chi connectivity index (χ1) is 10.0. The first-order valence-electron chi connectivity index (χ1n) is 6.81. The Morgan fingerprint density at radius 3 is 2.71 bits per heavy atom. The van der Waals surface area contributed by atoms with Crippen LogP contribution in [0.25, 0.3) is 0 Å². The van der Waals surface area contributed by atoms with Gasteiger partial charge in [-0.2, -0.15) is 0 Å². The number of benzene rings is 1. The van der Waals surface area contributed by atoms with Crippen LogP contribution in [0.4, 0.5) is 9.18 Å². The standard InChI is InChI=1S/C14H15BrFN3O2/c15-11-2-1-10(16)7-9(11)8-19-12(20)14(18-13(19)21)3-5-17-6-4-14/h1-2,7,17H,3-6,8H2,(H,18,21).